The molecule has 5 heterocycles. The van der Waals surface area contributed by atoms with Crippen molar-refractivity contribution in [1.82, 2.24) is 35.5 Å². The molecule has 4 aliphatic rings. The monoisotopic (exact) mass is 631 g/mol. The van der Waals surface area contributed by atoms with Crippen molar-refractivity contribution in [2.24, 2.45) is 0 Å². The van der Waals surface area contributed by atoms with Gasteiger partial charge in [0, 0.05) is 41.6 Å². The molecule has 1 spiro atoms. The maximum atomic E-state index is 12.2. The molecule has 13 heteroatoms. The Balaban J connectivity index is 0.000000321. The van der Waals surface area contributed by atoms with Crippen LogP contribution in [0.5, 0.6) is 5.88 Å². The van der Waals surface area contributed by atoms with Crippen molar-refractivity contribution in [2.75, 3.05) is 32.5 Å². The largest absolute Gasteiger partial charge is 0.475 e. The van der Waals surface area contributed by atoms with Crippen LogP contribution in [0, 0.1) is 11.3 Å². The van der Waals surface area contributed by atoms with Crippen molar-refractivity contribution in [3.8, 4) is 23.5 Å². The number of benzene rings is 1. The second-order valence-electron chi connectivity index (χ2n) is 13.1. The molecule has 3 fully saturated rings. The number of nitrogens with zero attached hydrogens (tertiary/aromatic N) is 6. The fourth-order valence-electron chi connectivity index (χ4n) is 7.52. The van der Waals surface area contributed by atoms with E-state index in [0.717, 1.165) is 79.5 Å². The Morgan fingerprint density at radius 1 is 1.22 bits per heavy atom. The van der Waals surface area contributed by atoms with Gasteiger partial charge in [-0.25, -0.2) is 13.8 Å². The lowest BCUT2D eigenvalue weighted by Gasteiger charge is -2.54. The van der Waals surface area contributed by atoms with Crippen LogP contribution in [-0.2, 0) is 12.8 Å². The van der Waals surface area contributed by atoms with E-state index in [1.165, 1.54) is 6.42 Å². The second-order valence-corrected chi connectivity index (χ2v) is 13.1. The molecular formula is C33H39F2N9O2. The lowest BCUT2D eigenvalue weighted by Crippen LogP contribution is -2.68. The van der Waals surface area contributed by atoms with Crippen LogP contribution in [0.25, 0.3) is 22.6 Å². The number of H-pyrrole nitrogens is 1. The SMILES string of the molecule is CCc1ccc(N)c(C#N)c1C1CCCc2c(-c3nc(OCC4CCCN4C)c4cn[nH]c4n3)noc21.FC1(F)CC2(CCN2)C1. The Hall–Kier alpha value is -4.15. The Bertz CT molecular complexity index is 1780. The molecule has 46 heavy (non-hydrogen) atoms. The summed E-state index contributed by atoms with van der Waals surface area (Å²) >= 11 is 0. The van der Waals surface area contributed by atoms with Gasteiger partial charge < -0.3 is 25.2 Å². The summed E-state index contributed by atoms with van der Waals surface area (Å²) in [6.45, 7) is 4.65. The van der Waals surface area contributed by atoms with Crippen LogP contribution in [-0.4, -0.2) is 74.5 Å². The number of fused-ring (bicyclic) bond motifs is 2. The quantitative estimate of drug-likeness (QED) is 0.245. The molecule has 0 bridgehead atoms. The minimum atomic E-state index is -2.35. The van der Waals surface area contributed by atoms with Gasteiger partial charge in [0.15, 0.2) is 17.2 Å². The Kier molecular flexibility index (Phi) is 7.89. The molecular weight excluding hydrogens is 592 g/mol. The van der Waals surface area contributed by atoms with Gasteiger partial charge in [0.1, 0.15) is 23.8 Å². The first-order valence-electron chi connectivity index (χ1n) is 16.2. The van der Waals surface area contributed by atoms with E-state index in [1.807, 2.05) is 12.1 Å². The highest BCUT2D eigenvalue weighted by Gasteiger charge is 2.58. The highest BCUT2D eigenvalue weighted by Crippen LogP contribution is 2.50. The first-order valence-corrected chi connectivity index (χ1v) is 16.2. The summed E-state index contributed by atoms with van der Waals surface area (Å²) in [6, 6.07) is 6.52. The number of alkyl halides is 2. The van der Waals surface area contributed by atoms with E-state index in [4.69, 9.17) is 25.0 Å². The van der Waals surface area contributed by atoms with Crippen molar-refractivity contribution in [1.29, 1.82) is 5.26 Å². The third-order valence-corrected chi connectivity index (χ3v) is 10.1. The lowest BCUT2D eigenvalue weighted by molar-refractivity contribution is -0.154. The number of nitriles is 1. The molecule has 0 amide bonds. The van der Waals surface area contributed by atoms with E-state index in [-0.39, 0.29) is 24.3 Å². The summed E-state index contributed by atoms with van der Waals surface area (Å²) < 4.78 is 36.6. The van der Waals surface area contributed by atoms with Gasteiger partial charge in [0.05, 0.1) is 11.8 Å². The van der Waals surface area contributed by atoms with Gasteiger partial charge >= 0.3 is 0 Å². The highest BCUT2D eigenvalue weighted by molar-refractivity contribution is 5.81. The maximum Gasteiger partial charge on any atom is 0.251 e. The number of aromatic nitrogens is 5. The average Bonchev–Trinajstić information content (AvgIpc) is 3.77. The molecule has 3 aromatic heterocycles. The van der Waals surface area contributed by atoms with Crippen molar-refractivity contribution in [3.63, 3.8) is 0 Å². The number of hydrogen-bond donors (Lipinski definition) is 3. The predicted octanol–water partition coefficient (Wildman–Crippen LogP) is 5.11. The van der Waals surface area contributed by atoms with E-state index in [2.05, 4.69) is 45.6 Å². The van der Waals surface area contributed by atoms with Gasteiger partial charge in [-0.05, 0) is 82.3 Å². The van der Waals surface area contributed by atoms with E-state index in [9.17, 15) is 14.0 Å². The standard InChI is InChI=1S/C27H30N8O2.C6H9F2N/c1-3-15-9-10-21(29)19(12-28)22(15)17-7-4-8-18-23(34-37-24(17)18)26-31-25-20(13-30-33-25)27(32-26)36-14-16-6-5-11-35(16)2;7-6(8)3-5(4-6)1-2-9-5/h9-10,13,16-17H,3-8,11,14,29H2,1-2H3,(H,30,31,32,33);9H,1-4H2. The van der Waals surface area contributed by atoms with E-state index in [0.29, 0.717) is 46.9 Å². The molecule has 2 saturated heterocycles. The predicted molar refractivity (Wildman–Crippen MR) is 168 cm³/mol. The zero-order valence-electron chi connectivity index (χ0n) is 26.2. The van der Waals surface area contributed by atoms with Gasteiger partial charge in [-0.3, -0.25) is 5.10 Å². The fraction of sp³-hybridized carbons (Fsp3) is 0.545. The Labute approximate surface area is 265 Å². The van der Waals surface area contributed by atoms with Gasteiger partial charge in [-0.2, -0.15) is 15.3 Å². The summed E-state index contributed by atoms with van der Waals surface area (Å²) in [5, 5.41) is 25.2. The summed E-state index contributed by atoms with van der Waals surface area (Å²) in [7, 11) is 2.13. The number of anilines is 1. The number of aryl methyl sites for hydroxylation is 1. The fourth-order valence-corrected chi connectivity index (χ4v) is 7.52. The zero-order chi connectivity index (χ0) is 32.1. The van der Waals surface area contributed by atoms with Crippen molar-refractivity contribution < 1.29 is 18.0 Å². The average molecular weight is 632 g/mol. The highest BCUT2D eigenvalue weighted by atomic mass is 19.3. The number of likely N-dealkylation sites (tertiary alicyclic amines) is 1. The Morgan fingerprint density at radius 2 is 2.04 bits per heavy atom. The molecule has 4 N–H and O–H groups in total. The van der Waals surface area contributed by atoms with E-state index < -0.39 is 5.92 Å². The zero-order valence-corrected chi connectivity index (χ0v) is 26.2. The number of halogens is 2. The van der Waals surface area contributed by atoms with Crippen molar-refractivity contribution >= 4 is 16.7 Å². The third kappa shape index (κ3) is 5.47. The summed E-state index contributed by atoms with van der Waals surface area (Å²) in [4.78, 5) is 11.8. The normalized spacial score (nSPS) is 22.8. The summed E-state index contributed by atoms with van der Waals surface area (Å²) in [5.74, 6) is -0.744. The van der Waals surface area contributed by atoms with Gasteiger partial charge in [0.25, 0.3) is 5.92 Å². The smallest absolute Gasteiger partial charge is 0.251 e. The molecule has 4 aromatic rings. The number of ether oxygens (including phenoxy) is 1. The number of likely N-dealkylation sites (N-methyl/N-ethyl adjacent to an activating group) is 1. The number of aromatic amines is 1. The van der Waals surface area contributed by atoms with Crippen LogP contribution in [0.4, 0.5) is 14.5 Å². The van der Waals surface area contributed by atoms with Crippen LogP contribution >= 0.6 is 0 Å². The third-order valence-electron chi connectivity index (χ3n) is 10.1. The number of nitrogens with one attached hydrogen (secondary N) is 2. The number of hydrogen-bond acceptors (Lipinski definition) is 10. The molecule has 8 rings (SSSR count). The van der Waals surface area contributed by atoms with Crippen LogP contribution in [0.1, 0.15) is 85.8 Å². The number of nitrogen functional groups attached to an aromatic ring is 1. The van der Waals surface area contributed by atoms with Crippen LogP contribution in [0.2, 0.25) is 0 Å². The second kappa shape index (κ2) is 11.9. The molecule has 2 aliphatic carbocycles. The number of nitrogens with two attached hydrogens (primary N) is 1. The van der Waals surface area contributed by atoms with Crippen LogP contribution in [0.3, 0.4) is 0 Å². The Morgan fingerprint density at radius 3 is 2.70 bits per heavy atom. The first-order chi connectivity index (χ1) is 22.2. The minimum Gasteiger partial charge on any atom is -0.475 e. The van der Waals surface area contributed by atoms with E-state index in [1.54, 1.807) is 6.20 Å². The van der Waals surface area contributed by atoms with E-state index >= 15 is 0 Å². The summed E-state index contributed by atoms with van der Waals surface area (Å²) in [5.41, 5.74) is 11.3. The molecule has 242 valence electrons. The van der Waals surface area contributed by atoms with Crippen molar-refractivity contribution in [3.05, 3.63) is 46.3 Å². The van der Waals surface area contributed by atoms with Gasteiger partial charge in [0.2, 0.25) is 5.88 Å². The topological polar surface area (TPSA) is 155 Å². The molecule has 2 atom stereocenters. The van der Waals surface area contributed by atoms with Gasteiger partial charge in [-0.1, -0.05) is 18.1 Å². The van der Waals surface area contributed by atoms with Crippen LogP contribution < -0.4 is 15.8 Å². The molecule has 2 aliphatic heterocycles. The van der Waals surface area contributed by atoms with Gasteiger partial charge in [-0.15, -0.1) is 0 Å². The first kappa shape index (κ1) is 30.5. The summed E-state index contributed by atoms with van der Waals surface area (Å²) in [6.07, 6.45) is 8.44. The number of rotatable bonds is 6. The maximum absolute atomic E-state index is 12.2. The molecule has 0 radical (unpaired) electrons. The molecule has 1 aromatic carbocycles. The van der Waals surface area contributed by atoms with Crippen molar-refractivity contribution in [2.45, 2.75) is 88.1 Å². The molecule has 2 unspecified atom stereocenters. The molecule has 1 saturated carbocycles. The lowest BCUT2D eigenvalue weighted by atomic mass is 9.67. The van der Waals surface area contributed by atoms with Crippen LogP contribution in [0.15, 0.2) is 22.9 Å². The molecule has 11 nitrogen and oxygen atoms in total. The minimum absolute atomic E-state index is 0.0694.